The fourth-order valence-corrected chi connectivity index (χ4v) is 5.07. The van der Waals surface area contributed by atoms with Crippen LogP contribution in [0.3, 0.4) is 0 Å². The molecule has 0 unspecified atom stereocenters. The molecule has 3 rings (SSSR count). The Bertz CT molecular complexity index is 800. The highest BCUT2D eigenvalue weighted by Crippen LogP contribution is 2.21. The zero-order valence-electron chi connectivity index (χ0n) is 14.2. The summed E-state index contributed by atoms with van der Waals surface area (Å²) in [7, 11) is -3.44. The van der Waals surface area contributed by atoms with Gasteiger partial charge in [-0.15, -0.1) is 11.3 Å². The Morgan fingerprint density at radius 3 is 2.72 bits per heavy atom. The molecule has 25 heavy (non-hydrogen) atoms. The smallest absolute Gasteiger partial charge is 0.250 e. The first-order valence-electron chi connectivity index (χ1n) is 8.48. The summed E-state index contributed by atoms with van der Waals surface area (Å²) in [5.74, 6) is 1.63. The highest BCUT2D eigenvalue weighted by atomic mass is 32.2. The number of aromatic nitrogens is 2. The summed E-state index contributed by atoms with van der Waals surface area (Å²) in [5.41, 5.74) is 0. The lowest BCUT2D eigenvalue weighted by atomic mass is 10.4. The Morgan fingerprint density at radius 2 is 2.00 bits per heavy atom. The van der Waals surface area contributed by atoms with Crippen LogP contribution in [0.15, 0.2) is 28.7 Å². The highest BCUT2D eigenvalue weighted by molar-refractivity contribution is 7.91. The molecule has 1 aliphatic rings. The lowest BCUT2D eigenvalue weighted by molar-refractivity contribution is 0.585. The second-order valence-electron chi connectivity index (χ2n) is 5.85. The summed E-state index contributed by atoms with van der Waals surface area (Å²) in [6.45, 7) is 4.82. The molecule has 0 spiro atoms. The predicted molar refractivity (Wildman–Crippen MR) is 101 cm³/mol. The van der Waals surface area contributed by atoms with Gasteiger partial charge in [-0.25, -0.2) is 23.1 Å². The maximum Gasteiger partial charge on any atom is 0.250 e. The largest absolute Gasteiger partial charge is 0.369 e. The molecule has 0 aliphatic carbocycles. The Balaban J connectivity index is 1.50. The van der Waals surface area contributed by atoms with Crippen molar-refractivity contribution in [2.75, 3.05) is 36.4 Å². The molecular formula is C16H23N5O2S2. The van der Waals surface area contributed by atoms with Crippen molar-refractivity contribution in [2.24, 2.45) is 0 Å². The summed E-state index contributed by atoms with van der Waals surface area (Å²) in [6, 6.07) is 5.43. The van der Waals surface area contributed by atoms with Crippen LogP contribution in [0, 0.1) is 0 Å². The van der Waals surface area contributed by atoms with E-state index in [1.807, 2.05) is 19.1 Å². The molecule has 2 aromatic rings. The number of sulfonamides is 1. The summed E-state index contributed by atoms with van der Waals surface area (Å²) >= 11 is 1.31. The molecule has 0 saturated carbocycles. The van der Waals surface area contributed by atoms with Crippen LogP contribution < -0.4 is 14.9 Å². The standard InChI is InChI=1S/C16H23N5O2S2/c1-2-13-5-6-16(24-13)25(22,23)20-8-7-17-14-11-15(19-12-18-14)21-9-3-4-10-21/h5-6,11-12,20H,2-4,7-10H2,1H3,(H,17,18,19). The van der Waals surface area contributed by atoms with Gasteiger partial charge in [-0.3, -0.25) is 0 Å². The van der Waals surface area contributed by atoms with Gasteiger partial charge in [0.15, 0.2) is 0 Å². The molecule has 0 bridgehead atoms. The Morgan fingerprint density at radius 1 is 1.20 bits per heavy atom. The Kier molecular flexibility index (Phi) is 5.87. The van der Waals surface area contributed by atoms with E-state index in [9.17, 15) is 8.42 Å². The minimum Gasteiger partial charge on any atom is -0.369 e. The van der Waals surface area contributed by atoms with Crippen molar-refractivity contribution in [2.45, 2.75) is 30.4 Å². The molecule has 0 radical (unpaired) electrons. The van der Waals surface area contributed by atoms with Crippen molar-refractivity contribution in [3.63, 3.8) is 0 Å². The van der Waals surface area contributed by atoms with Gasteiger partial charge < -0.3 is 10.2 Å². The number of hydrogen-bond acceptors (Lipinski definition) is 7. The van der Waals surface area contributed by atoms with Gasteiger partial charge in [0.2, 0.25) is 10.0 Å². The van der Waals surface area contributed by atoms with Crippen LogP contribution in [0.2, 0.25) is 0 Å². The fourth-order valence-electron chi connectivity index (χ4n) is 2.70. The first-order chi connectivity index (χ1) is 12.1. The second kappa shape index (κ2) is 8.11. The number of nitrogens with one attached hydrogen (secondary N) is 2. The minimum absolute atomic E-state index is 0.296. The Labute approximate surface area is 152 Å². The third-order valence-corrected chi connectivity index (χ3v) is 7.24. The quantitative estimate of drug-likeness (QED) is 0.681. The molecule has 1 aliphatic heterocycles. The second-order valence-corrected chi connectivity index (χ2v) is 9.02. The van der Waals surface area contributed by atoms with Crippen LogP contribution in [0.25, 0.3) is 0 Å². The topological polar surface area (TPSA) is 87.2 Å². The molecule has 2 N–H and O–H groups in total. The molecular weight excluding hydrogens is 358 g/mol. The number of rotatable bonds is 8. The SMILES string of the molecule is CCc1ccc(S(=O)(=O)NCCNc2cc(N3CCCC3)ncn2)s1. The molecule has 1 saturated heterocycles. The van der Waals surface area contributed by atoms with Crippen LogP contribution in [0.4, 0.5) is 11.6 Å². The van der Waals surface area contributed by atoms with Crippen LogP contribution in [0.5, 0.6) is 0 Å². The average Bonchev–Trinajstić information content (AvgIpc) is 3.30. The lowest BCUT2D eigenvalue weighted by Crippen LogP contribution is -2.28. The summed E-state index contributed by atoms with van der Waals surface area (Å²) < 4.78 is 27.5. The van der Waals surface area contributed by atoms with Crippen molar-refractivity contribution < 1.29 is 8.42 Å². The van der Waals surface area contributed by atoms with Crippen molar-refractivity contribution in [1.82, 2.24) is 14.7 Å². The van der Waals surface area contributed by atoms with Gasteiger partial charge in [-0.2, -0.15) is 0 Å². The van der Waals surface area contributed by atoms with Crippen LogP contribution in [-0.2, 0) is 16.4 Å². The van der Waals surface area contributed by atoms with Crippen molar-refractivity contribution in [3.8, 4) is 0 Å². The van der Waals surface area contributed by atoms with Gasteiger partial charge in [-0.05, 0) is 31.4 Å². The van der Waals surface area contributed by atoms with Gasteiger partial charge in [0.05, 0.1) is 0 Å². The van der Waals surface area contributed by atoms with Crippen molar-refractivity contribution >= 4 is 33.0 Å². The molecule has 9 heteroatoms. The van der Waals surface area contributed by atoms with Gasteiger partial charge in [0.25, 0.3) is 0 Å². The number of nitrogens with zero attached hydrogens (tertiary/aromatic N) is 3. The molecule has 0 atom stereocenters. The number of thiophene rings is 1. The molecule has 0 amide bonds. The number of aryl methyl sites for hydroxylation is 1. The summed E-state index contributed by atoms with van der Waals surface area (Å²) in [6.07, 6.45) is 4.76. The van der Waals surface area contributed by atoms with E-state index in [1.165, 1.54) is 30.5 Å². The first-order valence-corrected chi connectivity index (χ1v) is 10.8. The normalized spacial score (nSPS) is 14.8. The van der Waals surface area contributed by atoms with Crippen molar-refractivity contribution in [1.29, 1.82) is 0 Å². The maximum absolute atomic E-state index is 12.2. The zero-order chi connectivity index (χ0) is 17.7. The van der Waals surface area contributed by atoms with E-state index in [-0.39, 0.29) is 0 Å². The monoisotopic (exact) mass is 381 g/mol. The van der Waals surface area contributed by atoms with E-state index < -0.39 is 10.0 Å². The third kappa shape index (κ3) is 4.68. The molecule has 3 heterocycles. The van der Waals surface area contributed by atoms with Gasteiger partial charge in [0.1, 0.15) is 22.2 Å². The maximum atomic E-state index is 12.2. The number of anilines is 2. The van der Waals surface area contributed by atoms with E-state index in [0.29, 0.717) is 23.1 Å². The zero-order valence-corrected chi connectivity index (χ0v) is 15.9. The minimum atomic E-state index is -3.44. The third-order valence-electron chi connectivity index (χ3n) is 4.06. The lowest BCUT2D eigenvalue weighted by Gasteiger charge is -2.16. The molecule has 0 aromatic carbocycles. The summed E-state index contributed by atoms with van der Waals surface area (Å²) in [4.78, 5) is 11.8. The van der Waals surface area contributed by atoms with Gasteiger partial charge in [0, 0.05) is 37.1 Å². The van der Waals surface area contributed by atoms with E-state index in [1.54, 1.807) is 6.07 Å². The average molecular weight is 382 g/mol. The highest BCUT2D eigenvalue weighted by Gasteiger charge is 2.16. The molecule has 2 aromatic heterocycles. The van der Waals surface area contributed by atoms with E-state index in [0.717, 1.165) is 30.2 Å². The molecule has 136 valence electrons. The van der Waals surface area contributed by atoms with Gasteiger partial charge in [-0.1, -0.05) is 6.92 Å². The van der Waals surface area contributed by atoms with Crippen molar-refractivity contribution in [3.05, 3.63) is 29.4 Å². The van der Waals surface area contributed by atoms with E-state index in [2.05, 4.69) is 24.9 Å². The first kappa shape index (κ1) is 18.1. The van der Waals surface area contributed by atoms with Gasteiger partial charge >= 0.3 is 0 Å². The molecule has 1 fully saturated rings. The predicted octanol–water partition coefficient (Wildman–Crippen LogP) is 2.09. The number of hydrogen-bond donors (Lipinski definition) is 2. The fraction of sp³-hybridized carbons (Fsp3) is 0.500. The van der Waals surface area contributed by atoms with Crippen LogP contribution in [-0.4, -0.2) is 44.6 Å². The molecule has 7 nitrogen and oxygen atoms in total. The summed E-state index contributed by atoms with van der Waals surface area (Å²) in [5, 5.41) is 3.15. The van der Waals surface area contributed by atoms with Crippen LogP contribution in [0.1, 0.15) is 24.6 Å². The van der Waals surface area contributed by atoms with E-state index in [4.69, 9.17) is 0 Å². The van der Waals surface area contributed by atoms with E-state index >= 15 is 0 Å². The Hall–Kier alpha value is -1.71. The van der Waals surface area contributed by atoms with Crippen LogP contribution >= 0.6 is 11.3 Å².